The van der Waals surface area contributed by atoms with Crippen LogP contribution in [0.4, 0.5) is 0 Å². The van der Waals surface area contributed by atoms with Crippen molar-refractivity contribution in [3.05, 3.63) is 0 Å². The van der Waals surface area contributed by atoms with E-state index in [1.165, 1.54) is 0 Å². The largest absolute Gasteiger partial charge is 1.00 e. The zero-order chi connectivity index (χ0) is 3.58. The van der Waals surface area contributed by atoms with Crippen LogP contribution in [0.1, 0.15) is 0 Å². The summed E-state index contributed by atoms with van der Waals surface area (Å²) in [6.45, 7) is 0. The molecule has 1 nitrogen and oxygen atoms in total. The minimum atomic E-state index is 0. The molecule has 0 aliphatic heterocycles. The maximum absolute atomic E-state index is 2.00. The van der Waals surface area contributed by atoms with Gasteiger partial charge in [-0.15, -0.1) is 12.4 Å². The molecule has 0 N–H and O–H groups in total. The van der Waals surface area contributed by atoms with Gasteiger partial charge in [-0.3, -0.25) is 0 Å². The van der Waals surface area contributed by atoms with E-state index in [2.05, 4.69) is 0 Å². The summed E-state index contributed by atoms with van der Waals surface area (Å²) in [5.41, 5.74) is 0. The van der Waals surface area contributed by atoms with Gasteiger partial charge in [-0.05, 0) is 21.1 Å². The average Bonchev–Trinajstić information content (AvgIpc) is 0.811. The third-order valence-corrected chi connectivity index (χ3v) is 0. The van der Waals surface area contributed by atoms with Crippen molar-refractivity contribution in [2.75, 3.05) is 21.1 Å². The molecule has 0 aromatic heterocycles. The van der Waals surface area contributed by atoms with Gasteiger partial charge in [0.1, 0.15) is 0 Å². The second kappa shape index (κ2) is 15.6. The number of halogens is 2. The van der Waals surface area contributed by atoms with Gasteiger partial charge in [0.2, 0.25) is 0 Å². The predicted molar refractivity (Wildman–Crippen MR) is 26.9 cm³/mol. The monoisotopic (exact) mass is 153 g/mol. The zero-order valence-electron chi connectivity index (χ0n) is 5.23. The smallest absolute Gasteiger partial charge is 1.00 e. The van der Waals surface area contributed by atoms with Gasteiger partial charge in [-0.2, -0.15) is 0 Å². The maximum Gasteiger partial charge on any atom is 1.00 e. The van der Waals surface area contributed by atoms with Crippen LogP contribution in [0, 0.1) is 0 Å². The van der Waals surface area contributed by atoms with Crippen molar-refractivity contribution in [1.82, 2.24) is 4.90 Å². The van der Waals surface area contributed by atoms with E-state index in [-0.39, 0.29) is 54.4 Å². The van der Waals surface area contributed by atoms with E-state index in [1.54, 1.807) is 0 Å². The summed E-state index contributed by atoms with van der Waals surface area (Å²) in [7, 11) is 6.00. The molecule has 0 aliphatic rings. The van der Waals surface area contributed by atoms with Crippen molar-refractivity contribution in [2.24, 2.45) is 0 Å². The van der Waals surface area contributed by atoms with Crippen LogP contribution >= 0.6 is 12.4 Å². The van der Waals surface area contributed by atoms with Crippen LogP contribution in [0.25, 0.3) is 0 Å². The van der Waals surface area contributed by atoms with Crippen LogP contribution in [-0.2, 0) is 0 Å². The molecule has 0 aromatic rings. The van der Waals surface area contributed by atoms with Gasteiger partial charge in [-0.1, -0.05) is 0 Å². The standard InChI is InChI=1S/C3H9N.2ClH.Na/c1-4(2)3;;;/h1-3H3;2*1H;/q;;;+1/p-1. The summed E-state index contributed by atoms with van der Waals surface area (Å²) in [6.07, 6.45) is 0. The Morgan fingerprint density at radius 1 is 1.00 bits per heavy atom. The Morgan fingerprint density at radius 3 is 1.00 bits per heavy atom. The molecule has 4 heteroatoms. The molecular formula is C3H10Cl2NNa. The van der Waals surface area contributed by atoms with E-state index in [1.807, 2.05) is 26.0 Å². The summed E-state index contributed by atoms with van der Waals surface area (Å²) >= 11 is 0. The summed E-state index contributed by atoms with van der Waals surface area (Å²) in [5, 5.41) is 0. The zero-order valence-corrected chi connectivity index (χ0v) is 8.81. The topological polar surface area (TPSA) is 3.24 Å². The van der Waals surface area contributed by atoms with Gasteiger partial charge in [0.25, 0.3) is 0 Å². The normalized spacial score (nSPS) is 5.14. The van der Waals surface area contributed by atoms with Crippen molar-refractivity contribution < 1.29 is 42.0 Å². The molecule has 0 saturated carbocycles. The molecule has 0 aliphatic carbocycles. The predicted octanol–water partition coefficient (Wildman–Crippen LogP) is -5.39. The number of nitrogens with zero attached hydrogens (tertiary/aromatic N) is 1. The van der Waals surface area contributed by atoms with Gasteiger partial charge in [-0.25, -0.2) is 0 Å². The number of hydrogen-bond donors (Lipinski definition) is 0. The van der Waals surface area contributed by atoms with Crippen LogP contribution < -0.4 is 42.0 Å². The first-order valence-electron chi connectivity index (χ1n) is 1.34. The van der Waals surface area contributed by atoms with Gasteiger partial charge in [0, 0.05) is 0 Å². The molecule has 7 heavy (non-hydrogen) atoms. The molecule has 0 bridgehead atoms. The van der Waals surface area contributed by atoms with Crippen molar-refractivity contribution in [3.63, 3.8) is 0 Å². The van der Waals surface area contributed by atoms with Crippen molar-refractivity contribution in [1.29, 1.82) is 0 Å². The molecular weight excluding hydrogens is 144 g/mol. The minimum Gasteiger partial charge on any atom is -1.00 e. The first-order chi connectivity index (χ1) is 1.73. The maximum atomic E-state index is 2.00. The van der Waals surface area contributed by atoms with E-state index in [9.17, 15) is 0 Å². The van der Waals surface area contributed by atoms with Crippen molar-refractivity contribution >= 4 is 12.4 Å². The fraction of sp³-hybridized carbons (Fsp3) is 1.00. The number of hydrogen-bond acceptors (Lipinski definition) is 1. The Kier molecular flexibility index (Phi) is 52.7. The molecule has 0 rings (SSSR count). The first-order valence-corrected chi connectivity index (χ1v) is 1.34. The van der Waals surface area contributed by atoms with E-state index in [0.717, 1.165) is 0 Å². The molecule has 0 radical (unpaired) electrons. The molecule has 0 spiro atoms. The molecule has 0 heterocycles. The summed E-state index contributed by atoms with van der Waals surface area (Å²) < 4.78 is 0. The Labute approximate surface area is 79.9 Å². The first kappa shape index (κ1) is 23.6. The van der Waals surface area contributed by atoms with Crippen LogP contribution in [0.2, 0.25) is 0 Å². The fourth-order valence-corrected chi connectivity index (χ4v) is 0. The molecule has 0 atom stereocenters. The number of rotatable bonds is 0. The Bertz CT molecular complexity index is 17.7. The molecule has 0 unspecified atom stereocenters. The third kappa shape index (κ3) is 97.6. The van der Waals surface area contributed by atoms with Gasteiger partial charge < -0.3 is 17.3 Å². The minimum absolute atomic E-state index is 0. The SMILES string of the molecule is CN(C)C.Cl.[Cl-].[Na+]. The van der Waals surface area contributed by atoms with Gasteiger partial charge in [0.15, 0.2) is 0 Å². The molecule has 0 amide bonds. The van der Waals surface area contributed by atoms with Crippen LogP contribution in [0.15, 0.2) is 0 Å². The quantitative estimate of drug-likeness (QED) is 0.315. The van der Waals surface area contributed by atoms with Crippen LogP contribution in [-0.4, -0.2) is 26.0 Å². The molecule has 0 saturated heterocycles. The van der Waals surface area contributed by atoms with Gasteiger partial charge >= 0.3 is 29.6 Å². The summed E-state index contributed by atoms with van der Waals surface area (Å²) in [4.78, 5) is 2.00. The second-order valence-corrected chi connectivity index (χ2v) is 1.34. The fourth-order valence-electron chi connectivity index (χ4n) is 0. The van der Waals surface area contributed by atoms with Crippen LogP contribution in [0.5, 0.6) is 0 Å². The average molecular weight is 154 g/mol. The Balaban J connectivity index is -0.0000000150. The molecule has 42 valence electrons. The van der Waals surface area contributed by atoms with Crippen LogP contribution in [0.3, 0.4) is 0 Å². The summed E-state index contributed by atoms with van der Waals surface area (Å²) in [6, 6.07) is 0. The van der Waals surface area contributed by atoms with Gasteiger partial charge in [0.05, 0.1) is 0 Å². The third-order valence-electron chi connectivity index (χ3n) is 0. The van der Waals surface area contributed by atoms with E-state index in [4.69, 9.17) is 0 Å². The Hall–Kier alpha value is 1.54. The molecule has 0 fully saturated rings. The Morgan fingerprint density at radius 2 is 1.00 bits per heavy atom. The van der Waals surface area contributed by atoms with E-state index < -0.39 is 0 Å². The van der Waals surface area contributed by atoms with Crippen molar-refractivity contribution in [2.45, 2.75) is 0 Å². The molecule has 0 aromatic carbocycles. The van der Waals surface area contributed by atoms with Crippen molar-refractivity contribution in [3.8, 4) is 0 Å². The van der Waals surface area contributed by atoms with E-state index >= 15 is 0 Å². The summed E-state index contributed by atoms with van der Waals surface area (Å²) in [5.74, 6) is 0. The van der Waals surface area contributed by atoms with E-state index in [0.29, 0.717) is 0 Å². The second-order valence-electron chi connectivity index (χ2n) is 1.34.